The van der Waals surface area contributed by atoms with Crippen LogP contribution in [-0.2, 0) is 0 Å². The van der Waals surface area contributed by atoms with Gasteiger partial charge >= 0.3 is 0 Å². The van der Waals surface area contributed by atoms with E-state index in [0.29, 0.717) is 0 Å². The Morgan fingerprint density at radius 3 is 1.21 bits per heavy atom. The highest BCUT2D eigenvalue weighted by Gasteiger charge is 2.14. The number of hydrogen-bond acceptors (Lipinski definition) is 0. The minimum atomic E-state index is 1.26. The van der Waals surface area contributed by atoms with Gasteiger partial charge in [-0.1, -0.05) is 109 Å². The molecule has 162 valence electrons. The van der Waals surface area contributed by atoms with E-state index in [9.17, 15) is 0 Å². The van der Waals surface area contributed by atoms with Crippen LogP contribution in [0.1, 0.15) is 13.8 Å². The fourth-order valence-corrected chi connectivity index (χ4v) is 5.39. The van der Waals surface area contributed by atoms with Crippen LogP contribution in [0.2, 0.25) is 0 Å². The van der Waals surface area contributed by atoms with Crippen molar-refractivity contribution in [3.05, 3.63) is 120 Å². The Kier molecular flexibility index (Phi) is 5.00. The maximum atomic E-state index is 2.33. The molecule has 34 heavy (non-hydrogen) atoms. The maximum absolute atomic E-state index is 2.33. The van der Waals surface area contributed by atoms with E-state index in [1.807, 2.05) is 0 Å². The van der Waals surface area contributed by atoms with Crippen LogP contribution >= 0.6 is 0 Å². The molecule has 0 fully saturated rings. The van der Waals surface area contributed by atoms with Crippen molar-refractivity contribution in [2.45, 2.75) is 13.8 Å². The molecule has 0 atom stereocenters. The van der Waals surface area contributed by atoms with Gasteiger partial charge in [0.05, 0.1) is 0 Å². The monoisotopic (exact) mass is 434 g/mol. The summed E-state index contributed by atoms with van der Waals surface area (Å²) in [7, 11) is 0. The molecule has 0 saturated carbocycles. The molecule has 6 aromatic carbocycles. The van der Waals surface area contributed by atoms with Gasteiger partial charge in [0.15, 0.2) is 0 Å². The minimum Gasteiger partial charge on any atom is -0.0791 e. The zero-order valence-corrected chi connectivity index (χ0v) is 19.5. The highest BCUT2D eigenvalue weighted by molar-refractivity contribution is 6.07. The zero-order chi connectivity index (χ0) is 23.1. The minimum absolute atomic E-state index is 1.26. The summed E-state index contributed by atoms with van der Waals surface area (Å²) in [5.41, 5.74) is 5.13. The van der Waals surface area contributed by atoms with Gasteiger partial charge in [-0.05, 0) is 91.0 Å². The standard InChI is InChI=1S/C34H26/c1-3-29-30(4-2)34(28-20-18-24-12-6-8-14-26(24)22-28)32-16-10-9-15-31(32)33(29)27-19-17-23-11-5-7-13-25(23)21-27/h3-22H,1-2H3. The number of fused-ring (bicyclic) bond motifs is 3. The van der Waals surface area contributed by atoms with Gasteiger partial charge in [-0.25, -0.2) is 0 Å². The molecule has 0 radical (unpaired) electrons. The topological polar surface area (TPSA) is 0 Å². The summed E-state index contributed by atoms with van der Waals surface area (Å²) < 4.78 is 0. The van der Waals surface area contributed by atoms with E-state index in [-0.39, 0.29) is 0 Å². The van der Waals surface area contributed by atoms with Gasteiger partial charge in [-0.3, -0.25) is 0 Å². The van der Waals surface area contributed by atoms with Crippen LogP contribution in [0.4, 0.5) is 0 Å². The first-order valence-electron chi connectivity index (χ1n) is 11.9. The number of benzene rings is 6. The van der Waals surface area contributed by atoms with Crippen LogP contribution in [0, 0.1) is 0 Å². The average molecular weight is 435 g/mol. The largest absolute Gasteiger partial charge is 0.0791 e. The zero-order valence-electron chi connectivity index (χ0n) is 19.5. The summed E-state index contributed by atoms with van der Waals surface area (Å²) in [4.78, 5) is 0. The first-order chi connectivity index (χ1) is 16.8. The number of hydrogen-bond donors (Lipinski definition) is 0. The molecule has 0 heterocycles. The quantitative estimate of drug-likeness (QED) is 0.258. The van der Waals surface area contributed by atoms with Gasteiger partial charge in [0.2, 0.25) is 0 Å². The first-order valence-corrected chi connectivity index (χ1v) is 11.9. The highest BCUT2D eigenvalue weighted by atomic mass is 14.2. The molecule has 0 N–H and O–H groups in total. The highest BCUT2D eigenvalue weighted by Crippen LogP contribution is 2.33. The van der Waals surface area contributed by atoms with E-state index in [0.717, 1.165) is 0 Å². The molecule has 0 saturated heterocycles. The molecule has 6 aromatic rings. The summed E-state index contributed by atoms with van der Waals surface area (Å²) in [5.74, 6) is 0. The van der Waals surface area contributed by atoms with Crippen molar-refractivity contribution in [3.63, 3.8) is 0 Å². The van der Waals surface area contributed by atoms with Crippen molar-refractivity contribution in [3.8, 4) is 22.3 Å². The molecule has 0 amide bonds. The van der Waals surface area contributed by atoms with Gasteiger partial charge in [-0.2, -0.15) is 0 Å². The van der Waals surface area contributed by atoms with Gasteiger partial charge < -0.3 is 0 Å². The second-order valence-electron chi connectivity index (χ2n) is 8.82. The predicted octanol–water partition coefficient (Wildman–Crippen LogP) is 8.08. The van der Waals surface area contributed by atoms with Gasteiger partial charge in [-0.15, -0.1) is 0 Å². The van der Waals surface area contributed by atoms with E-state index >= 15 is 0 Å². The van der Waals surface area contributed by atoms with Crippen LogP contribution in [0.5, 0.6) is 0 Å². The van der Waals surface area contributed by atoms with E-state index < -0.39 is 0 Å². The van der Waals surface area contributed by atoms with E-state index in [2.05, 4.69) is 135 Å². The van der Waals surface area contributed by atoms with Crippen molar-refractivity contribution in [1.82, 2.24) is 0 Å². The third kappa shape index (κ3) is 3.23. The molecule has 0 aromatic heterocycles. The molecule has 0 heteroatoms. The molecule has 0 nitrogen and oxygen atoms in total. The second-order valence-corrected chi connectivity index (χ2v) is 8.82. The summed E-state index contributed by atoms with van der Waals surface area (Å²) >= 11 is 0. The van der Waals surface area contributed by atoms with Crippen LogP contribution in [0.3, 0.4) is 0 Å². The van der Waals surface area contributed by atoms with Gasteiger partial charge in [0, 0.05) is 0 Å². The summed E-state index contributed by atoms with van der Waals surface area (Å²) in [6, 6.07) is 39.8. The fourth-order valence-electron chi connectivity index (χ4n) is 5.39. The Labute approximate surface area is 200 Å². The molecule has 0 aliphatic heterocycles. The van der Waals surface area contributed by atoms with Crippen LogP contribution in [0.15, 0.2) is 109 Å². The first kappa shape index (κ1) is 20.4. The molecule has 0 unspecified atom stereocenters. The Bertz CT molecular complexity index is 1680. The van der Waals surface area contributed by atoms with Crippen molar-refractivity contribution < 1.29 is 0 Å². The second kappa shape index (κ2) is 8.32. The normalized spacial score (nSPS) is 12.8. The maximum Gasteiger partial charge on any atom is -0.00296 e. The lowest BCUT2D eigenvalue weighted by Crippen LogP contribution is -2.29. The average Bonchev–Trinajstić information content (AvgIpc) is 2.91. The Morgan fingerprint density at radius 1 is 0.412 bits per heavy atom. The molecular weight excluding hydrogens is 408 g/mol. The van der Waals surface area contributed by atoms with Gasteiger partial charge in [0.1, 0.15) is 0 Å². The molecular formula is C34H26. The van der Waals surface area contributed by atoms with E-state index in [1.165, 1.54) is 65.0 Å². The predicted molar refractivity (Wildman–Crippen MR) is 149 cm³/mol. The molecule has 0 bridgehead atoms. The van der Waals surface area contributed by atoms with E-state index in [1.54, 1.807) is 0 Å². The molecule has 0 spiro atoms. The van der Waals surface area contributed by atoms with Crippen molar-refractivity contribution in [2.24, 2.45) is 0 Å². The summed E-state index contributed by atoms with van der Waals surface area (Å²) in [5, 5.41) is 10.2. The Morgan fingerprint density at radius 2 is 0.794 bits per heavy atom. The molecule has 6 rings (SSSR count). The van der Waals surface area contributed by atoms with Crippen molar-refractivity contribution >= 4 is 44.5 Å². The molecule has 0 aliphatic rings. The third-order valence-corrected chi connectivity index (χ3v) is 6.95. The lowest BCUT2D eigenvalue weighted by molar-refractivity contribution is 1.51. The van der Waals surface area contributed by atoms with Gasteiger partial charge in [0.25, 0.3) is 0 Å². The fraction of sp³-hybridized carbons (Fsp3) is 0.0588. The van der Waals surface area contributed by atoms with Crippen LogP contribution in [0.25, 0.3) is 66.7 Å². The number of rotatable bonds is 2. The lowest BCUT2D eigenvalue weighted by atomic mass is 9.87. The third-order valence-electron chi connectivity index (χ3n) is 6.95. The van der Waals surface area contributed by atoms with Crippen LogP contribution < -0.4 is 10.4 Å². The molecule has 0 aliphatic carbocycles. The Balaban J connectivity index is 1.75. The smallest absolute Gasteiger partial charge is 0.00296 e. The lowest BCUT2D eigenvalue weighted by Gasteiger charge is -2.16. The SMILES string of the molecule is CC=c1c(-c2ccc3ccccc3c2)c2ccccc2c(-c2ccc3ccccc3c2)c1=CC. The Hall–Kier alpha value is -4.16. The summed E-state index contributed by atoms with van der Waals surface area (Å²) in [6.45, 7) is 4.32. The van der Waals surface area contributed by atoms with E-state index in [4.69, 9.17) is 0 Å². The van der Waals surface area contributed by atoms with Crippen LogP contribution in [-0.4, -0.2) is 0 Å². The van der Waals surface area contributed by atoms with Crippen molar-refractivity contribution in [2.75, 3.05) is 0 Å². The summed E-state index contributed by atoms with van der Waals surface area (Å²) in [6.07, 6.45) is 4.55. The van der Waals surface area contributed by atoms with Crippen molar-refractivity contribution in [1.29, 1.82) is 0 Å².